The van der Waals surface area contributed by atoms with Gasteiger partial charge >= 0.3 is 5.97 Å². The van der Waals surface area contributed by atoms with Crippen molar-refractivity contribution < 1.29 is 14.6 Å². The molecular weight excluding hydrogens is 280 g/mol. The molecule has 1 aromatic heterocycles. The predicted octanol–water partition coefficient (Wildman–Crippen LogP) is 2.82. The van der Waals surface area contributed by atoms with Gasteiger partial charge < -0.3 is 9.84 Å². The van der Waals surface area contributed by atoms with E-state index in [4.69, 9.17) is 4.74 Å². The first-order valence-corrected chi connectivity index (χ1v) is 7.35. The summed E-state index contributed by atoms with van der Waals surface area (Å²) in [7, 11) is 0. The first kappa shape index (κ1) is 14.5. The monoisotopic (exact) mass is 298 g/mol. The standard InChI is InChI=1S/C17H18N2O3/c1-3-22-17(21)12-9-13-15(8-10(2)20)19-18-14-7-5-4-6-11(12)16(13)14/h4-7,9-10,19-20H,3,8H2,1-2H3. The lowest BCUT2D eigenvalue weighted by Crippen LogP contribution is -2.07. The molecule has 0 fully saturated rings. The number of hydrogen-bond acceptors (Lipinski definition) is 4. The van der Waals surface area contributed by atoms with Gasteiger partial charge in [0.25, 0.3) is 0 Å². The highest BCUT2D eigenvalue weighted by molar-refractivity contribution is 6.19. The van der Waals surface area contributed by atoms with Crippen molar-refractivity contribution in [2.24, 2.45) is 0 Å². The van der Waals surface area contributed by atoms with Gasteiger partial charge in [0, 0.05) is 22.9 Å². The number of nitrogens with zero attached hydrogens (tertiary/aromatic N) is 1. The zero-order chi connectivity index (χ0) is 15.7. The quantitative estimate of drug-likeness (QED) is 0.726. The third kappa shape index (κ3) is 2.44. The molecule has 0 saturated carbocycles. The summed E-state index contributed by atoms with van der Waals surface area (Å²) in [5.41, 5.74) is 2.13. The first-order chi connectivity index (χ1) is 10.6. The van der Waals surface area contributed by atoms with Crippen molar-refractivity contribution in [1.29, 1.82) is 0 Å². The lowest BCUT2D eigenvalue weighted by Gasteiger charge is -2.06. The van der Waals surface area contributed by atoms with Gasteiger partial charge in [-0.3, -0.25) is 5.10 Å². The van der Waals surface area contributed by atoms with E-state index in [0.29, 0.717) is 18.6 Å². The minimum absolute atomic E-state index is 0.333. The summed E-state index contributed by atoms with van der Waals surface area (Å²) in [6, 6.07) is 9.39. The van der Waals surface area contributed by atoms with E-state index in [-0.39, 0.29) is 5.97 Å². The van der Waals surface area contributed by atoms with Gasteiger partial charge in [0.15, 0.2) is 0 Å². The van der Waals surface area contributed by atoms with Crippen LogP contribution in [0.4, 0.5) is 0 Å². The second-order valence-corrected chi connectivity index (χ2v) is 5.34. The number of aromatic nitrogens is 2. The maximum absolute atomic E-state index is 12.2. The smallest absolute Gasteiger partial charge is 0.338 e. The molecule has 114 valence electrons. The van der Waals surface area contributed by atoms with Crippen LogP contribution in [0.3, 0.4) is 0 Å². The first-order valence-electron chi connectivity index (χ1n) is 7.35. The molecule has 0 spiro atoms. The van der Waals surface area contributed by atoms with Gasteiger partial charge in [-0.05, 0) is 31.4 Å². The minimum Gasteiger partial charge on any atom is -0.462 e. The molecule has 1 atom stereocenters. The van der Waals surface area contributed by atoms with Gasteiger partial charge in [0.05, 0.1) is 23.8 Å². The Hall–Kier alpha value is -2.40. The summed E-state index contributed by atoms with van der Waals surface area (Å²) in [6.45, 7) is 3.84. The molecule has 0 radical (unpaired) electrons. The fraction of sp³-hybridized carbons (Fsp3) is 0.294. The molecule has 2 aromatic carbocycles. The molecule has 0 bridgehead atoms. The highest BCUT2D eigenvalue weighted by Crippen LogP contribution is 2.32. The SMILES string of the molecule is CCOC(=O)c1cc2c(CC(C)O)[nH]nc3ccccc1c32. The molecule has 5 nitrogen and oxygen atoms in total. The van der Waals surface area contributed by atoms with Crippen molar-refractivity contribution in [2.75, 3.05) is 6.61 Å². The van der Waals surface area contributed by atoms with Crippen LogP contribution in [0.5, 0.6) is 0 Å². The lowest BCUT2D eigenvalue weighted by molar-refractivity contribution is 0.0529. The number of aliphatic hydroxyl groups excluding tert-OH is 1. The van der Waals surface area contributed by atoms with E-state index in [1.807, 2.05) is 30.3 Å². The number of carbonyl (C=O) groups excluding carboxylic acids is 1. The Bertz CT molecular complexity index is 836. The Labute approximate surface area is 127 Å². The largest absolute Gasteiger partial charge is 0.462 e. The maximum atomic E-state index is 12.2. The third-order valence-corrected chi connectivity index (χ3v) is 3.63. The molecule has 0 aliphatic carbocycles. The normalized spacial score (nSPS) is 12.7. The van der Waals surface area contributed by atoms with E-state index in [0.717, 1.165) is 27.4 Å². The number of nitrogens with one attached hydrogen (secondary N) is 1. The predicted molar refractivity (Wildman–Crippen MR) is 84.9 cm³/mol. The van der Waals surface area contributed by atoms with Gasteiger partial charge in [-0.25, -0.2) is 4.79 Å². The molecular formula is C17H18N2O3. The van der Waals surface area contributed by atoms with Crippen LogP contribution in [-0.2, 0) is 11.2 Å². The fourth-order valence-corrected chi connectivity index (χ4v) is 2.75. The molecule has 0 aliphatic heterocycles. The van der Waals surface area contributed by atoms with Gasteiger partial charge in [-0.2, -0.15) is 5.10 Å². The zero-order valence-electron chi connectivity index (χ0n) is 12.6. The number of rotatable bonds is 4. The van der Waals surface area contributed by atoms with E-state index in [1.165, 1.54) is 0 Å². The van der Waals surface area contributed by atoms with Crippen LogP contribution < -0.4 is 0 Å². The molecule has 0 amide bonds. The number of esters is 1. The molecule has 5 heteroatoms. The summed E-state index contributed by atoms with van der Waals surface area (Å²) >= 11 is 0. The van der Waals surface area contributed by atoms with Crippen LogP contribution in [0.25, 0.3) is 21.7 Å². The van der Waals surface area contributed by atoms with Gasteiger partial charge in [0.1, 0.15) is 0 Å². The van der Waals surface area contributed by atoms with Crippen LogP contribution in [0.1, 0.15) is 29.9 Å². The summed E-state index contributed by atoms with van der Waals surface area (Å²) in [4.78, 5) is 12.2. The molecule has 0 saturated heterocycles. The number of hydrogen-bond donors (Lipinski definition) is 2. The number of H-pyrrole nitrogens is 1. The van der Waals surface area contributed by atoms with E-state index in [2.05, 4.69) is 10.2 Å². The molecule has 3 aromatic rings. The van der Waals surface area contributed by atoms with Crippen LogP contribution in [-0.4, -0.2) is 34.0 Å². The van der Waals surface area contributed by atoms with Crippen molar-refractivity contribution in [3.63, 3.8) is 0 Å². The van der Waals surface area contributed by atoms with Crippen LogP contribution in [0, 0.1) is 0 Å². The molecule has 0 aliphatic rings. The second-order valence-electron chi connectivity index (χ2n) is 5.34. The van der Waals surface area contributed by atoms with Crippen molar-refractivity contribution in [1.82, 2.24) is 10.2 Å². The van der Waals surface area contributed by atoms with Gasteiger partial charge in [-0.1, -0.05) is 18.2 Å². The van der Waals surface area contributed by atoms with Crippen molar-refractivity contribution in [3.05, 3.63) is 41.6 Å². The summed E-state index contributed by atoms with van der Waals surface area (Å²) in [5.74, 6) is -0.339. The number of aromatic amines is 1. The summed E-state index contributed by atoms with van der Waals surface area (Å²) < 4.78 is 5.15. The molecule has 3 rings (SSSR count). The average molecular weight is 298 g/mol. The zero-order valence-corrected chi connectivity index (χ0v) is 12.6. The minimum atomic E-state index is -0.493. The Kier molecular flexibility index (Phi) is 3.81. The van der Waals surface area contributed by atoms with Crippen molar-refractivity contribution >= 4 is 27.6 Å². The molecule has 1 unspecified atom stereocenters. The lowest BCUT2D eigenvalue weighted by atomic mass is 10.1. The number of ether oxygens (including phenoxy) is 1. The van der Waals surface area contributed by atoms with Crippen LogP contribution in [0.15, 0.2) is 30.3 Å². The second kappa shape index (κ2) is 5.77. The van der Waals surface area contributed by atoms with E-state index in [9.17, 15) is 9.90 Å². The van der Waals surface area contributed by atoms with Crippen LogP contribution >= 0.6 is 0 Å². The van der Waals surface area contributed by atoms with Gasteiger partial charge in [0.2, 0.25) is 0 Å². The third-order valence-electron chi connectivity index (χ3n) is 3.63. The topological polar surface area (TPSA) is 75.2 Å². The summed E-state index contributed by atoms with van der Waals surface area (Å²) in [6.07, 6.45) is -0.0455. The summed E-state index contributed by atoms with van der Waals surface area (Å²) in [5, 5.41) is 19.7. The van der Waals surface area contributed by atoms with Crippen molar-refractivity contribution in [2.45, 2.75) is 26.4 Å². The Morgan fingerprint density at radius 3 is 2.86 bits per heavy atom. The highest BCUT2D eigenvalue weighted by atomic mass is 16.5. The average Bonchev–Trinajstić information content (AvgIpc) is 2.72. The van der Waals surface area contributed by atoms with E-state index in [1.54, 1.807) is 13.8 Å². The number of carbonyl (C=O) groups is 1. The van der Waals surface area contributed by atoms with E-state index < -0.39 is 6.10 Å². The Morgan fingerprint density at radius 2 is 2.14 bits per heavy atom. The van der Waals surface area contributed by atoms with Gasteiger partial charge in [-0.15, -0.1) is 0 Å². The fourth-order valence-electron chi connectivity index (χ4n) is 2.75. The Balaban J connectivity index is 2.33. The highest BCUT2D eigenvalue weighted by Gasteiger charge is 2.19. The maximum Gasteiger partial charge on any atom is 0.338 e. The Morgan fingerprint density at radius 1 is 1.36 bits per heavy atom. The van der Waals surface area contributed by atoms with E-state index >= 15 is 0 Å². The molecule has 22 heavy (non-hydrogen) atoms. The van der Waals surface area contributed by atoms with Crippen LogP contribution in [0.2, 0.25) is 0 Å². The van der Waals surface area contributed by atoms with Crippen molar-refractivity contribution in [3.8, 4) is 0 Å². The number of aliphatic hydroxyl groups is 1. The molecule has 1 heterocycles. The molecule has 2 N–H and O–H groups in total.